The Labute approximate surface area is 226 Å². The first-order chi connectivity index (χ1) is 17.7. The number of hydrogen-bond acceptors (Lipinski definition) is 7. The van der Waals surface area contributed by atoms with Crippen LogP contribution in [-0.4, -0.2) is 27.6 Å². The third kappa shape index (κ3) is 6.39. The molecule has 0 radical (unpaired) electrons. The third-order valence-corrected chi connectivity index (χ3v) is 6.95. The summed E-state index contributed by atoms with van der Waals surface area (Å²) in [5.41, 5.74) is 3.38. The predicted octanol–water partition coefficient (Wildman–Crippen LogP) is 6.88. The smallest absolute Gasteiger partial charge is 0.293 e. The van der Waals surface area contributed by atoms with E-state index < -0.39 is 4.92 Å². The number of thioether (sulfide) groups is 1. The normalized spacial score (nSPS) is 14.4. The molecule has 1 saturated heterocycles. The Kier molecular flexibility index (Phi) is 8.30. The molecule has 0 N–H and O–H groups in total. The van der Waals surface area contributed by atoms with Crippen LogP contribution in [0.5, 0.6) is 11.5 Å². The van der Waals surface area contributed by atoms with E-state index in [0.717, 1.165) is 28.5 Å². The Morgan fingerprint density at radius 3 is 2.49 bits per heavy atom. The standard InChI is InChI=1S/C27H23BrN2O6S/c1-3-35-23-13-20(12-22(28)25(23)36-16-18-7-9-21(10-8-18)30(33)34)14-24-26(31)29(27(32)37-24)15-19-6-4-5-17(2)11-19/h4-14H,3,15-16H2,1-2H3/b24-14-. The van der Waals surface area contributed by atoms with Gasteiger partial charge >= 0.3 is 0 Å². The minimum Gasteiger partial charge on any atom is -0.490 e. The summed E-state index contributed by atoms with van der Waals surface area (Å²) < 4.78 is 12.3. The number of rotatable bonds is 9. The lowest BCUT2D eigenvalue weighted by Gasteiger charge is -2.15. The molecule has 1 heterocycles. The summed E-state index contributed by atoms with van der Waals surface area (Å²) in [5.74, 6) is 0.581. The fourth-order valence-corrected chi connectivity index (χ4v) is 5.14. The zero-order valence-electron chi connectivity index (χ0n) is 20.1. The highest BCUT2D eigenvalue weighted by atomic mass is 79.9. The van der Waals surface area contributed by atoms with Crippen LogP contribution < -0.4 is 9.47 Å². The average Bonchev–Trinajstić information content (AvgIpc) is 3.11. The Morgan fingerprint density at radius 2 is 1.81 bits per heavy atom. The Bertz CT molecular complexity index is 1390. The Morgan fingerprint density at radius 1 is 1.05 bits per heavy atom. The van der Waals surface area contributed by atoms with Crippen LogP contribution in [0.4, 0.5) is 10.5 Å². The number of aryl methyl sites for hydroxylation is 1. The summed E-state index contributed by atoms with van der Waals surface area (Å²) in [7, 11) is 0. The van der Waals surface area contributed by atoms with Crippen molar-refractivity contribution in [1.82, 2.24) is 4.90 Å². The molecule has 1 aliphatic heterocycles. The highest BCUT2D eigenvalue weighted by Gasteiger charge is 2.35. The molecule has 3 aromatic carbocycles. The van der Waals surface area contributed by atoms with Crippen molar-refractivity contribution in [2.24, 2.45) is 0 Å². The maximum Gasteiger partial charge on any atom is 0.293 e. The number of imide groups is 1. The van der Waals surface area contributed by atoms with Crippen molar-refractivity contribution in [2.75, 3.05) is 6.61 Å². The number of halogens is 1. The van der Waals surface area contributed by atoms with Gasteiger partial charge in [-0.3, -0.25) is 24.6 Å². The van der Waals surface area contributed by atoms with Crippen LogP contribution in [0, 0.1) is 17.0 Å². The van der Waals surface area contributed by atoms with Crippen LogP contribution >= 0.6 is 27.7 Å². The number of non-ortho nitro benzene ring substituents is 1. The molecule has 1 fully saturated rings. The number of ether oxygens (including phenoxy) is 2. The molecule has 8 nitrogen and oxygen atoms in total. The second kappa shape index (κ2) is 11.6. The number of amides is 2. The number of carbonyl (C=O) groups is 2. The third-order valence-electron chi connectivity index (χ3n) is 5.46. The molecule has 0 saturated carbocycles. The highest BCUT2D eigenvalue weighted by Crippen LogP contribution is 2.40. The van der Waals surface area contributed by atoms with Gasteiger partial charge in [0.1, 0.15) is 6.61 Å². The van der Waals surface area contributed by atoms with Crippen molar-refractivity contribution < 1.29 is 24.0 Å². The van der Waals surface area contributed by atoms with Crippen molar-refractivity contribution in [3.05, 3.63) is 102 Å². The van der Waals surface area contributed by atoms with E-state index in [1.165, 1.54) is 17.0 Å². The second-order valence-corrected chi connectivity index (χ2v) is 10.1. The van der Waals surface area contributed by atoms with Crippen molar-refractivity contribution in [2.45, 2.75) is 27.0 Å². The van der Waals surface area contributed by atoms with E-state index in [1.54, 1.807) is 30.3 Å². The molecule has 0 atom stereocenters. The van der Waals surface area contributed by atoms with E-state index in [2.05, 4.69) is 15.9 Å². The fraction of sp³-hybridized carbons (Fsp3) is 0.185. The van der Waals surface area contributed by atoms with Crippen molar-refractivity contribution >= 4 is 50.6 Å². The van der Waals surface area contributed by atoms with Crippen LogP contribution in [0.25, 0.3) is 6.08 Å². The lowest BCUT2D eigenvalue weighted by molar-refractivity contribution is -0.384. The zero-order valence-corrected chi connectivity index (χ0v) is 22.5. The predicted molar refractivity (Wildman–Crippen MR) is 145 cm³/mol. The van der Waals surface area contributed by atoms with E-state index in [0.29, 0.717) is 33.0 Å². The number of carbonyl (C=O) groups excluding carboxylic acids is 2. The highest BCUT2D eigenvalue weighted by molar-refractivity contribution is 9.10. The van der Waals surface area contributed by atoms with Gasteiger partial charge in [-0.1, -0.05) is 29.8 Å². The van der Waals surface area contributed by atoms with Gasteiger partial charge in [0.2, 0.25) is 0 Å². The summed E-state index contributed by atoms with van der Waals surface area (Å²) in [5, 5.41) is 10.5. The Balaban J connectivity index is 1.53. The van der Waals surface area contributed by atoms with Crippen LogP contribution in [0.1, 0.15) is 29.2 Å². The van der Waals surface area contributed by atoms with Crippen LogP contribution in [-0.2, 0) is 17.9 Å². The minimum absolute atomic E-state index is 0.00702. The van der Waals surface area contributed by atoms with E-state index in [4.69, 9.17) is 9.47 Å². The molecule has 2 amide bonds. The van der Waals surface area contributed by atoms with Crippen LogP contribution in [0.2, 0.25) is 0 Å². The average molecular weight is 583 g/mol. The van der Waals surface area contributed by atoms with Crippen molar-refractivity contribution in [3.8, 4) is 11.5 Å². The summed E-state index contributed by atoms with van der Waals surface area (Å²) in [6.07, 6.45) is 1.66. The molecule has 0 unspecified atom stereocenters. The lowest BCUT2D eigenvalue weighted by atomic mass is 10.1. The van der Waals surface area contributed by atoms with Gasteiger partial charge in [-0.25, -0.2) is 0 Å². The molecule has 190 valence electrons. The maximum atomic E-state index is 13.0. The molecule has 0 aliphatic carbocycles. The van der Waals surface area contributed by atoms with E-state index in [1.807, 2.05) is 38.1 Å². The molecule has 10 heteroatoms. The van der Waals surface area contributed by atoms with Crippen molar-refractivity contribution in [3.63, 3.8) is 0 Å². The van der Waals surface area contributed by atoms with Gasteiger partial charge in [0, 0.05) is 12.1 Å². The first kappa shape index (κ1) is 26.4. The number of hydrogen-bond donors (Lipinski definition) is 0. The minimum atomic E-state index is -0.454. The van der Waals surface area contributed by atoms with Crippen LogP contribution in [0.15, 0.2) is 70.0 Å². The zero-order chi connectivity index (χ0) is 26.5. The summed E-state index contributed by atoms with van der Waals surface area (Å²) in [6.45, 7) is 4.58. The second-order valence-electron chi connectivity index (χ2n) is 8.23. The molecule has 4 rings (SSSR count). The Hall–Kier alpha value is -3.63. The molecule has 0 spiro atoms. The van der Waals surface area contributed by atoms with E-state index >= 15 is 0 Å². The topological polar surface area (TPSA) is 99.0 Å². The first-order valence-corrected chi connectivity index (χ1v) is 13.0. The fourth-order valence-electron chi connectivity index (χ4n) is 3.72. The molecule has 37 heavy (non-hydrogen) atoms. The molecule has 0 aromatic heterocycles. The van der Waals surface area contributed by atoms with Gasteiger partial charge in [0.25, 0.3) is 16.8 Å². The first-order valence-electron chi connectivity index (χ1n) is 11.4. The maximum absolute atomic E-state index is 13.0. The quantitative estimate of drug-likeness (QED) is 0.154. The summed E-state index contributed by atoms with van der Waals surface area (Å²) in [6, 6.07) is 17.3. The molecule has 0 bridgehead atoms. The molecule has 1 aliphatic rings. The number of nitro benzene ring substituents is 1. The SMILES string of the molecule is CCOc1cc(/C=C2\SC(=O)N(Cc3cccc(C)c3)C2=O)cc(Br)c1OCc1ccc([N+](=O)[O-])cc1. The summed E-state index contributed by atoms with van der Waals surface area (Å²) in [4.78, 5) is 37.6. The molecule has 3 aromatic rings. The van der Waals surface area contributed by atoms with Crippen molar-refractivity contribution in [1.29, 1.82) is 0 Å². The summed E-state index contributed by atoms with van der Waals surface area (Å²) >= 11 is 4.42. The van der Waals surface area contributed by atoms with Gasteiger partial charge in [0.05, 0.1) is 27.5 Å². The van der Waals surface area contributed by atoms with Gasteiger partial charge in [-0.2, -0.15) is 0 Å². The lowest BCUT2D eigenvalue weighted by Crippen LogP contribution is -2.27. The monoisotopic (exact) mass is 582 g/mol. The van der Waals surface area contributed by atoms with E-state index in [9.17, 15) is 19.7 Å². The number of nitrogens with zero attached hydrogens (tertiary/aromatic N) is 2. The van der Waals surface area contributed by atoms with Gasteiger partial charge in [-0.15, -0.1) is 0 Å². The van der Waals surface area contributed by atoms with Gasteiger partial charge in [-0.05, 0) is 88.6 Å². The number of nitro groups is 1. The molecular formula is C27H23BrN2O6S. The van der Waals surface area contributed by atoms with Gasteiger partial charge < -0.3 is 9.47 Å². The largest absolute Gasteiger partial charge is 0.490 e. The van der Waals surface area contributed by atoms with E-state index in [-0.39, 0.29) is 30.0 Å². The number of benzene rings is 3. The van der Waals surface area contributed by atoms with Gasteiger partial charge in [0.15, 0.2) is 11.5 Å². The van der Waals surface area contributed by atoms with Crippen LogP contribution in [0.3, 0.4) is 0 Å². The molecular weight excluding hydrogens is 560 g/mol.